The van der Waals surface area contributed by atoms with Gasteiger partial charge in [0.1, 0.15) is 22.3 Å². The molecule has 5 nitrogen and oxygen atoms in total. The molecule has 1 heterocycles. The Morgan fingerprint density at radius 1 is 1.29 bits per heavy atom. The van der Waals surface area contributed by atoms with Crippen molar-refractivity contribution in [2.75, 3.05) is 7.05 Å². The van der Waals surface area contributed by atoms with Gasteiger partial charge in [-0.3, -0.25) is 4.98 Å². The molecule has 2 rings (SSSR count). The van der Waals surface area contributed by atoms with Crippen LogP contribution >= 0.6 is 0 Å². The van der Waals surface area contributed by atoms with E-state index in [2.05, 4.69) is 4.98 Å². The molecular formula is C14H12FN3O2S. The van der Waals surface area contributed by atoms with Gasteiger partial charge in [-0.1, -0.05) is 6.07 Å². The third-order valence-corrected chi connectivity index (χ3v) is 4.78. The quantitative estimate of drug-likeness (QED) is 0.865. The Labute approximate surface area is 122 Å². The van der Waals surface area contributed by atoms with E-state index in [1.807, 2.05) is 0 Å². The Hall–Kier alpha value is -2.30. The van der Waals surface area contributed by atoms with Gasteiger partial charge in [-0.25, -0.2) is 12.8 Å². The van der Waals surface area contributed by atoms with E-state index in [-0.39, 0.29) is 11.4 Å². The highest BCUT2D eigenvalue weighted by Gasteiger charge is 2.25. The summed E-state index contributed by atoms with van der Waals surface area (Å²) in [5, 5.41) is 8.95. The first-order valence-electron chi connectivity index (χ1n) is 6.00. The molecule has 0 saturated heterocycles. The Kier molecular flexibility index (Phi) is 4.31. The van der Waals surface area contributed by atoms with Gasteiger partial charge in [-0.05, 0) is 29.8 Å². The molecule has 2 aromatic rings. The highest BCUT2D eigenvalue weighted by atomic mass is 32.2. The predicted octanol–water partition coefficient (Wildman–Crippen LogP) is 1.91. The smallest absolute Gasteiger partial charge is 0.244 e. The number of halogens is 1. The molecule has 0 aliphatic rings. The monoisotopic (exact) mass is 305 g/mol. The van der Waals surface area contributed by atoms with E-state index in [4.69, 9.17) is 5.26 Å². The normalized spacial score (nSPS) is 11.3. The molecule has 1 aromatic heterocycles. The largest absolute Gasteiger partial charge is 0.265 e. The van der Waals surface area contributed by atoms with Gasteiger partial charge in [0, 0.05) is 26.0 Å². The van der Waals surface area contributed by atoms with E-state index in [9.17, 15) is 12.8 Å². The Morgan fingerprint density at radius 2 is 1.95 bits per heavy atom. The molecule has 0 radical (unpaired) electrons. The van der Waals surface area contributed by atoms with E-state index in [1.165, 1.54) is 19.2 Å². The summed E-state index contributed by atoms with van der Waals surface area (Å²) < 4.78 is 39.5. The Morgan fingerprint density at radius 3 is 2.57 bits per heavy atom. The van der Waals surface area contributed by atoms with Gasteiger partial charge < -0.3 is 0 Å². The zero-order valence-electron chi connectivity index (χ0n) is 11.2. The van der Waals surface area contributed by atoms with Crippen molar-refractivity contribution in [2.45, 2.75) is 11.4 Å². The second-order valence-corrected chi connectivity index (χ2v) is 6.35. The highest BCUT2D eigenvalue weighted by molar-refractivity contribution is 7.89. The average Bonchev–Trinajstić information content (AvgIpc) is 2.48. The van der Waals surface area contributed by atoms with Crippen LogP contribution in [0.1, 0.15) is 11.1 Å². The van der Waals surface area contributed by atoms with Crippen molar-refractivity contribution >= 4 is 10.0 Å². The topological polar surface area (TPSA) is 74.1 Å². The molecule has 0 atom stereocenters. The summed E-state index contributed by atoms with van der Waals surface area (Å²) in [5.41, 5.74) is 0.269. The predicted molar refractivity (Wildman–Crippen MR) is 74.0 cm³/mol. The summed E-state index contributed by atoms with van der Waals surface area (Å²) in [6.07, 6.45) is 3.11. The van der Waals surface area contributed by atoms with Crippen molar-refractivity contribution in [3.8, 4) is 6.07 Å². The maximum atomic E-state index is 13.6. The van der Waals surface area contributed by atoms with Crippen LogP contribution in [0.25, 0.3) is 0 Å². The average molecular weight is 305 g/mol. The summed E-state index contributed by atoms with van der Waals surface area (Å²) in [6, 6.07) is 8.51. The van der Waals surface area contributed by atoms with Crippen LogP contribution in [0.2, 0.25) is 0 Å². The molecule has 108 valence electrons. The van der Waals surface area contributed by atoms with Gasteiger partial charge in [0.25, 0.3) is 0 Å². The summed E-state index contributed by atoms with van der Waals surface area (Å²) in [7, 11) is -2.58. The maximum Gasteiger partial charge on any atom is 0.244 e. The number of aromatic nitrogens is 1. The van der Waals surface area contributed by atoms with E-state index in [1.54, 1.807) is 30.6 Å². The molecular weight excluding hydrogens is 293 g/mol. The Balaban J connectivity index is 2.39. The first-order valence-corrected chi connectivity index (χ1v) is 7.44. The van der Waals surface area contributed by atoms with Crippen molar-refractivity contribution in [1.82, 2.24) is 9.29 Å². The summed E-state index contributed by atoms with van der Waals surface area (Å²) in [4.78, 5) is 3.52. The van der Waals surface area contributed by atoms with Gasteiger partial charge in [0.2, 0.25) is 10.0 Å². The summed E-state index contributed by atoms with van der Waals surface area (Å²) in [5.74, 6) is -0.851. The lowest BCUT2D eigenvalue weighted by molar-refractivity contribution is 0.465. The van der Waals surface area contributed by atoms with Crippen LogP contribution in [-0.4, -0.2) is 24.8 Å². The zero-order chi connectivity index (χ0) is 15.5. The molecule has 0 aliphatic heterocycles. The first kappa shape index (κ1) is 15.1. The molecule has 0 unspecified atom stereocenters. The number of nitrogens with zero attached hydrogens (tertiary/aromatic N) is 3. The van der Waals surface area contributed by atoms with Crippen LogP contribution in [-0.2, 0) is 16.6 Å². The van der Waals surface area contributed by atoms with Crippen LogP contribution in [0.4, 0.5) is 4.39 Å². The minimum absolute atomic E-state index is 0.103. The van der Waals surface area contributed by atoms with Gasteiger partial charge >= 0.3 is 0 Å². The lowest BCUT2D eigenvalue weighted by Gasteiger charge is -2.18. The van der Waals surface area contributed by atoms with Gasteiger partial charge in [0.05, 0.1) is 0 Å². The van der Waals surface area contributed by atoms with Gasteiger partial charge in [0.15, 0.2) is 0 Å². The van der Waals surface area contributed by atoms with E-state index in [0.717, 1.165) is 15.9 Å². The SMILES string of the molecule is CN(Cc1ccncc1)S(=O)(=O)c1cccc(F)c1C#N. The molecule has 0 amide bonds. The van der Waals surface area contributed by atoms with Crippen molar-refractivity contribution in [1.29, 1.82) is 5.26 Å². The lowest BCUT2D eigenvalue weighted by Crippen LogP contribution is -2.27. The molecule has 0 N–H and O–H groups in total. The number of pyridine rings is 1. The van der Waals surface area contributed by atoms with Crippen molar-refractivity contribution in [2.24, 2.45) is 0 Å². The number of benzene rings is 1. The van der Waals surface area contributed by atoms with Crippen LogP contribution < -0.4 is 0 Å². The van der Waals surface area contributed by atoms with Crippen LogP contribution in [0.5, 0.6) is 0 Å². The molecule has 0 saturated carbocycles. The third-order valence-electron chi connectivity index (χ3n) is 2.93. The van der Waals surface area contributed by atoms with Crippen LogP contribution in [0.3, 0.4) is 0 Å². The molecule has 21 heavy (non-hydrogen) atoms. The van der Waals surface area contributed by atoms with E-state index < -0.39 is 21.4 Å². The molecule has 0 spiro atoms. The standard InChI is InChI=1S/C14H12FN3O2S/c1-18(10-11-5-7-17-8-6-11)21(19,20)14-4-2-3-13(15)12(14)9-16/h2-8H,10H2,1H3. The highest BCUT2D eigenvalue weighted by Crippen LogP contribution is 2.22. The summed E-state index contributed by atoms with van der Waals surface area (Å²) >= 11 is 0. The second kappa shape index (κ2) is 5.99. The molecule has 0 bridgehead atoms. The van der Waals surface area contributed by atoms with Gasteiger partial charge in [-0.15, -0.1) is 0 Å². The summed E-state index contributed by atoms with van der Waals surface area (Å²) in [6.45, 7) is 0.103. The fourth-order valence-electron chi connectivity index (χ4n) is 1.83. The van der Waals surface area contributed by atoms with E-state index >= 15 is 0 Å². The second-order valence-electron chi connectivity index (χ2n) is 4.34. The van der Waals surface area contributed by atoms with Crippen LogP contribution in [0, 0.1) is 17.1 Å². The number of sulfonamides is 1. The lowest BCUT2D eigenvalue weighted by atomic mass is 10.2. The maximum absolute atomic E-state index is 13.6. The minimum Gasteiger partial charge on any atom is -0.265 e. The van der Waals surface area contributed by atoms with E-state index in [0.29, 0.717) is 0 Å². The zero-order valence-corrected chi connectivity index (χ0v) is 12.0. The van der Waals surface area contributed by atoms with Crippen LogP contribution in [0.15, 0.2) is 47.6 Å². The fraction of sp³-hybridized carbons (Fsp3) is 0.143. The molecule has 0 aliphatic carbocycles. The number of rotatable bonds is 4. The Bertz CT molecular complexity index is 786. The molecule has 7 heteroatoms. The fourth-order valence-corrected chi connectivity index (χ4v) is 3.13. The number of hydrogen-bond acceptors (Lipinski definition) is 4. The van der Waals surface area contributed by atoms with Gasteiger partial charge in [-0.2, -0.15) is 9.57 Å². The van der Waals surface area contributed by atoms with Crippen molar-refractivity contribution in [3.05, 3.63) is 59.7 Å². The number of nitriles is 1. The first-order chi connectivity index (χ1) is 9.96. The van der Waals surface area contributed by atoms with Crippen molar-refractivity contribution in [3.63, 3.8) is 0 Å². The third kappa shape index (κ3) is 3.07. The van der Waals surface area contributed by atoms with Crippen molar-refractivity contribution < 1.29 is 12.8 Å². The molecule has 1 aromatic carbocycles. The molecule has 0 fully saturated rings. The number of hydrogen-bond donors (Lipinski definition) is 0. The minimum atomic E-state index is -3.95.